The van der Waals surface area contributed by atoms with Crippen LogP contribution in [-0.4, -0.2) is 32.2 Å². The number of hydrogen-bond donors (Lipinski definition) is 1. The van der Waals surface area contributed by atoms with E-state index < -0.39 is 0 Å². The predicted octanol–water partition coefficient (Wildman–Crippen LogP) is 3.98. The predicted molar refractivity (Wildman–Crippen MR) is 115 cm³/mol. The molecule has 0 aliphatic heterocycles. The summed E-state index contributed by atoms with van der Waals surface area (Å²) in [6.07, 6.45) is 0.697. The van der Waals surface area contributed by atoms with Gasteiger partial charge < -0.3 is 9.88 Å². The number of nitrogens with one attached hydrogen (secondary N) is 1. The molecular weight excluding hydrogens is 384 g/mol. The maximum atomic E-state index is 12.5. The summed E-state index contributed by atoms with van der Waals surface area (Å²) in [5.74, 6) is 0.995. The zero-order valence-electron chi connectivity index (χ0n) is 16.8. The molecule has 2 aromatic carbocycles. The monoisotopic (exact) mass is 408 g/mol. The molecule has 0 unspecified atom stereocenters. The van der Waals surface area contributed by atoms with Gasteiger partial charge in [-0.15, -0.1) is 10.2 Å². The van der Waals surface area contributed by atoms with Crippen molar-refractivity contribution in [3.8, 4) is 0 Å². The van der Waals surface area contributed by atoms with E-state index >= 15 is 0 Å². The van der Waals surface area contributed by atoms with E-state index in [1.54, 1.807) is 24.3 Å². The minimum atomic E-state index is -0.0918. The normalized spacial score (nSPS) is 10.9. The zero-order valence-corrected chi connectivity index (χ0v) is 17.6. The van der Waals surface area contributed by atoms with Gasteiger partial charge in [0.15, 0.2) is 10.9 Å². The van der Waals surface area contributed by atoms with Crippen LogP contribution in [0, 0.1) is 5.92 Å². The number of anilines is 1. The highest BCUT2D eigenvalue weighted by Crippen LogP contribution is 2.20. The lowest BCUT2D eigenvalue weighted by Gasteiger charge is -2.08. The van der Waals surface area contributed by atoms with E-state index in [4.69, 9.17) is 0 Å². The third kappa shape index (κ3) is 5.54. The first-order chi connectivity index (χ1) is 13.9. The zero-order chi connectivity index (χ0) is 20.8. The van der Waals surface area contributed by atoms with Crippen LogP contribution in [0.25, 0.3) is 0 Å². The van der Waals surface area contributed by atoms with Gasteiger partial charge in [0.05, 0.1) is 5.75 Å². The first kappa shape index (κ1) is 20.8. The molecule has 3 rings (SSSR count). The van der Waals surface area contributed by atoms with Crippen molar-refractivity contribution in [3.63, 3.8) is 0 Å². The molecule has 0 aliphatic carbocycles. The molecule has 0 aliphatic rings. The van der Waals surface area contributed by atoms with Crippen molar-refractivity contribution in [2.45, 2.75) is 25.4 Å². The number of carbonyl (C=O) groups is 2. The number of Topliss-reactive ketones (excluding diaryl/α,β-unsaturated/α-hetero) is 1. The van der Waals surface area contributed by atoms with E-state index in [1.807, 2.05) is 43.7 Å². The first-order valence-electron chi connectivity index (χ1n) is 9.43. The molecule has 6 nitrogen and oxygen atoms in total. The number of hydrogen-bond acceptors (Lipinski definition) is 5. The van der Waals surface area contributed by atoms with Gasteiger partial charge in [-0.2, -0.15) is 0 Å². The summed E-state index contributed by atoms with van der Waals surface area (Å²) in [6.45, 7) is 3.67. The highest BCUT2D eigenvalue weighted by molar-refractivity contribution is 7.99. The van der Waals surface area contributed by atoms with Crippen molar-refractivity contribution in [1.82, 2.24) is 14.8 Å². The highest BCUT2D eigenvalue weighted by Gasteiger charge is 2.13. The van der Waals surface area contributed by atoms with Gasteiger partial charge in [-0.25, -0.2) is 0 Å². The molecule has 1 aromatic heterocycles. The van der Waals surface area contributed by atoms with E-state index in [0.29, 0.717) is 22.8 Å². The van der Waals surface area contributed by atoms with Crippen LogP contribution in [0.1, 0.15) is 35.6 Å². The second kappa shape index (κ2) is 9.52. The topological polar surface area (TPSA) is 76.9 Å². The van der Waals surface area contributed by atoms with Crippen molar-refractivity contribution >= 4 is 29.1 Å². The molecule has 1 amide bonds. The molecule has 0 saturated carbocycles. The van der Waals surface area contributed by atoms with Gasteiger partial charge in [-0.05, 0) is 29.8 Å². The third-order valence-corrected chi connectivity index (χ3v) is 5.48. The van der Waals surface area contributed by atoms with E-state index in [1.165, 1.54) is 17.3 Å². The van der Waals surface area contributed by atoms with E-state index in [2.05, 4.69) is 27.6 Å². The van der Waals surface area contributed by atoms with Gasteiger partial charge >= 0.3 is 0 Å². The molecule has 0 fully saturated rings. The fourth-order valence-corrected chi connectivity index (χ4v) is 3.47. The lowest BCUT2D eigenvalue weighted by molar-refractivity contribution is -0.118. The summed E-state index contributed by atoms with van der Waals surface area (Å²) in [5, 5.41) is 12.0. The largest absolute Gasteiger partial charge is 0.326 e. The average molecular weight is 409 g/mol. The summed E-state index contributed by atoms with van der Waals surface area (Å²) in [5.41, 5.74) is 2.46. The molecule has 150 valence electrons. The molecule has 7 heteroatoms. The number of thioether (sulfide) groups is 1. The fraction of sp³-hybridized carbons (Fsp3) is 0.273. The van der Waals surface area contributed by atoms with Gasteiger partial charge in [-0.3, -0.25) is 9.59 Å². The summed E-state index contributed by atoms with van der Waals surface area (Å²) < 4.78 is 1.93. The molecule has 0 spiro atoms. The molecule has 0 atom stereocenters. The molecule has 1 heterocycles. The molecule has 0 saturated heterocycles. The van der Waals surface area contributed by atoms with Crippen molar-refractivity contribution in [3.05, 3.63) is 71.5 Å². The van der Waals surface area contributed by atoms with Crippen LogP contribution >= 0.6 is 11.8 Å². The second-order valence-corrected chi connectivity index (χ2v) is 8.00. The Morgan fingerprint density at radius 1 is 1.03 bits per heavy atom. The van der Waals surface area contributed by atoms with Gasteiger partial charge in [-0.1, -0.05) is 55.9 Å². The molecule has 1 N–H and O–H groups in total. The minimum absolute atomic E-state index is 0.00402. The Hall–Kier alpha value is -2.93. The minimum Gasteiger partial charge on any atom is -0.326 e. The van der Waals surface area contributed by atoms with Crippen LogP contribution < -0.4 is 5.32 Å². The van der Waals surface area contributed by atoms with E-state index in [0.717, 1.165) is 5.82 Å². The standard InChI is InChI=1S/C22H24N4O2S/c1-15(2)21(28)23-18-11-9-17(10-12-18)19(27)14-29-22-25-24-20(26(22)3)13-16-7-5-4-6-8-16/h4-12,15H,13-14H2,1-3H3,(H,23,28). The van der Waals surface area contributed by atoms with Crippen molar-refractivity contribution in [2.75, 3.05) is 11.1 Å². The van der Waals surface area contributed by atoms with Gasteiger partial charge in [0.2, 0.25) is 5.91 Å². The van der Waals surface area contributed by atoms with Crippen molar-refractivity contribution in [2.24, 2.45) is 13.0 Å². The Labute approximate surface area is 174 Å². The summed E-state index contributed by atoms with van der Waals surface area (Å²) >= 11 is 1.37. The van der Waals surface area contributed by atoms with Crippen LogP contribution in [0.15, 0.2) is 59.8 Å². The summed E-state index contributed by atoms with van der Waals surface area (Å²) in [6, 6.07) is 17.1. The number of carbonyl (C=O) groups excluding carboxylic acids is 2. The van der Waals surface area contributed by atoms with E-state index in [-0.39, 0.29) is 23.4 Å². The molecule has 0 radical (unpaired) electrons. The highest BCUT2D eigenvalue weighted by atomic mass is 32.2. The Balaban J connectivity index is 1.57. The smallest absolute Gasteiger partial charge is 0.226 e. The van der Waals surface area contributed by atoms with Crippen LogP contribution in [0.5, 0.6) is 0 Å². The first-order valence-corrected chi connectivity index (χ1v) is 10.4. The van der Waals surface area contributed by atoms with Crippen molar-refractivity contribution in [1.29, 1.82) is 0 Å². The maximum absolute atomic E-state index is 12.5. The second-order valence-electron chi connectivity index (χ2n) is 7.05. The van der Waals surface area contributed by atoms with Gasteiger partial charge in [0, 0.05) is 30.6 Å². The number of amides is 1. The molecule has 0 bridgehead atoms. The van der Waals surface area contributed by atoms with Gasteiger partial charge in [0.25, 0.3) is 0 Å². The van der Waals surface area contributed by atoms with Crippen LogP contribution in [0.4, 0.5) is 5.69 Å². The maximum Gasteiger partial charge on any atom is 0.226 e. The number of ketones is 1. The number of rotatable bonds is 8. The quantitative estimate of drug-likeness (QED) is 0.451. The number of aromatic nitrogens is 3. The Morgan fingerprint density at radius 2 is 1.72 bits per heavy atom. The Kier molecular flexibility index (Phi) is 6.82. The van der Waals surface area contributed by atoms with Crippen LogP contribution in [0.3, 0.4) is 0 Å². The lowest BCUT2D eigenvalue weighted by Crippen LogP contribution is -2.17. The van der Waals surface area contributed by atoms with Crippen LogP contribution in [0.2, 0.25) is 0 Å². The average Bonchev–Trinajstić information content (AvgIpc) is 3.07. The van der Waals surface area contributed by atoms with Crippen molar-refractivity contribution < 1.29 is 9.59 Å². The Bertz CT molecular complexity index is 982. The SMILES string of the molecule is CC(C)C(=O)Nc1ccc(C(=O)CSc2nnc(Cc3ccccc3)n2C)cc1. The van der Waals surface area contributed by atoms with Gasteiger partial charge in [0.1, 0.15) is 5.82 Å². The van der Waals surface area contributed by atoms with Crippen LogP contribution in [-0.2, 0) is 18.3 Å². The summed E-state index contributed by atoms with van der Waals surface area (Å²) in [4.78, 5) is 24.2. The summed E-state index contributed by atoms with van der Waals surface area (Å²) in [7, 11) is 1.91. The molecular formula is C22H24N4O2S. The lowest BCUT2D eigenvalue weighted by atomic mass is 10.1. The molecule has 29 heavy (non-hydrogen) atoms. The Morgan fingerprint density at radius 3 is 2.38 bits per heavy atom. The number of nitrogens with zero attached hydrogens (tertiary/aromatic N) is 3. The number of benzene rings is 2. The van der Waals surface area contributed by atoms with E-state index in [9.17, 15) is 9.59 Å². The third-order valence-electron chi connectivity index (χ3n) is 4.46. The molecule has 3 aromatic rings. The fourth-order valence-electron chi connectivity index (χ4n) is 2.64.